The minimum atomic E-state index is -0.504. The molecule has 2 aliphatic rings. The molecule has 1 aliphatic heterocycles. The molecule has 1 heterocycles. The molecule has 0 aromatic rings. The van der Waals surface area contributed by atoms with Gasteiger partial charge in [0, 0.05) is 6.42 Å². The van der Waals surface area contributed by atoms with E-state index in [4.69, 9.17) is 32.3 Å². The Labute approximate surface area is 161 Å². The Morgan fingerprint density at radius 2 is 2.04 bits per heavy atom. The first-order valence-corrected chi connectivity index (χ1v) is 9.57. The maximum atomic E-state index is 12.3. The molecule has 0 saturated heterocycles. The highest BCUT2D eigenvalue weighted by Gasteiger charge is 2.24. The average Bonchev–Trinajstić information content (AvgIpc) is 2.86. The lowest BCUT2D eigenvalue weighted by Crippen LogP contribution is -2.20. The van der Waals surface area contributed by atoms with E-state index >= 15 is 0 Å². The van der Waals surface area contributed by atoms with Gasteiger partial charge in [-0.1, -0.05) is 29.6 Å². The first-order chi connectivity index (χ1) is 11.9. The summed E-state index contributed by atoms with van der Waals surface area (Å²) in [6.07, 6.45) is 7.59. The third-order valence-corrected chi connectivity index (χ3v) is 5.23. The summed E-state index contributed by atoms with van der Waals surface area (Å²) in [5, 5.41) is 11.8. The Morgan fingerprint density at radius 3 is 2.60 bits per heavy atom. The molecule has 8 heteroatoms. The number of oxime groups is 1. The molecule has 1 atom stereocenters. The van der Waals surface area contributed by atoms with Gasteiger partial charge in [0.05, 0.1) is 22.0 Å². The van der Waals surface area contributed by atoms with Crippen molar-refractivity contribution in [1.29, 1.82) is 5.41 Å². The van der Waals surface area contributed by atoms with E-state index in [9.17, 15) is 4.79 Å². The molecule has 3 N–H and O–H groups in total. The lowest BCUT2D eigenvalue weighted by Gasteiger charge is -2.16. The van der Waals surface area contributed by atoms with Gasteiger partial charge < -0.3 is 20.7 Å². The first kappa shape index (κ1) is 20.0. The summed E-state index contributed by atoms with van der Waals surface area (Å²) < 4.78 is 6.19. The lowest BCUT2D eigenvalue weighted by molar-refractivity contribution is -0.144. The number of nitrogens with one attached hydrogen (secondary N) is 1. The van der Waals surface area contributed by atoms with Gasteiger partial charge in [0.25, 0.3) is 0 Å². The van der Waals surface area contributed by atoms with Crippen LogP contribution in [0.5, 0.6) is 0 Å². The molecule has 138 valence electrons. The molecule has 1 saturated carbocycles. The van der Waals surface area contributed by atoms with Crippen LogP contribution in [0.25, 0.3) is 0 Å². The first-order valence-electron chi connectivity index (χ1n) is 8.40. The molecule has 1 aliphatic carbocycles. The van der Waals surface area contributed by atoms with E-state index in [0.717, 1.165) is 25.7 Å². The third-order valence-electron chi connectivity index (χ3n) is 4.26. The molecule has 0 aromatic carbocycles. The number of rotatable bonds is 5. The van der Waals surface area contributed by atoms with Gasteiger partial charge in [-0.25, -0.2) is 4.79 Å². The summed E-state index contributed by atoms with van der Waals surface area (Å²) >= 11 is 9.43. The second-order valence-corrected chi connectivity index (χ2v) is 7.57. The maximum Gasteiger partial charge on any atom is 0.335 e. The molecular formula is C17H23BrClN3O3. The smallest absolute Gasteiger partial charge is 0.335 e. The van der Waals surface area contributed by atoms with Gasteiger partial charge in [0.15, 0.2) is 6.10 Å². The van der Waals surface area contributed by atoms with Crippen LogP contribution in [0.4, 0.5) is 0 Å². The molecule has 2 rings (SSSR count). The SMILES string of the molecule is C/C(C(=O)OC1CCCCCC1)=C(Cl)\C(N)=C/C(=N)C1CC(Br)=NO1. The van der Waals surface area contributed by atoms with Crippen LogP contribution in [0.2, 0.25) is 0 Å². The van der Waals surface area contributed by atoms with Crippen LogP contribution in [-0.2, 0) is 14.4 Å². The van der Waals surface area contributed by atoms with Crippen LogP contribution in [0.1, 0.15) is 51.9 Å². The van der Waals surface area contributed by atoms with Crippen molar-refractivity contribution in [3.05, 3.63) is 22.4 Å². The maximum absolute atomic E-state index is 12.3. The van der Waals surface area contributed by atoms with Crippen LogP contribution in [0.3, 0.4) is 0 Å². The summed E-state index contributed by atoms with van der Waals surface area (Å²) in [4.78, 5) is 17.4. The van der Waals surface area contributed by atoms with Crippen molar-refractivity contribution in [2.45, 2.75) is 64.1 Å². The Morgan fingerprint density at radius 1 is 1.40 bits per heavy atom. The standard InChI is InChI=1S/C17H23BrClN3O3/c1-10(17(23)24-11-6-4-2-3-5-7-11)16(19)13(21)8-12(20)14-9-15(18)22-25-14/h8,11,14,20H,2-7,9,21H2,1H3/b13-8+,16-10-,20-12?. The van der Waals surface area contributed by atoms with Crippen LogP contribution >= 0.6 is 27.5 Å². The van der Waals surface area contributed by atoms with E-state index in [1.807, 2.05) is 0 Å². The number of nitrogens with two attached hydrogens (primary N) is 1. The number of carbonyl (C=O) groups is 1. The molecule has 25 heavy (non-hydrogen) atoms. The average molecular weight is 433 g/mol. The van der Waals surface area contributed by atoms with Gasteiger partial charge in [-0.2, -0.15) is 0 Å². The van der Waals surface area contributed by atoms with Gasteiger partial charge in [-0.05, 0) is 54.6 Å². The van der Waals surface area contributed by atoms with Crippen LogP contribution < -0.4 is 5.73 Å². The van der Waals surface area contributed by atoms with E-state index in [1.165, 1.54) is 18.9 Å². The summed E-state index contributed by atoms with van der Waals surface area (Å²) in [6.45, 7) is 1.58. The fraction of sp³-hybridized carbons (Fsp3) is 0.588. The highest BCUT2D eigenvalue weighted by molar-refractivity contribution is 9.18. The van der Waals surface area contributed by atoms with Crippen molar-refractivity contribution in [1.82, 2.24) is 0 Å². The van der Waals surface area contributed by atoms with Crippen molar-refractivity contribution in [2.75, 3.05) is 0 Å². The van der Waals surface area contributed by atoms with Gasteiger partial charge in [0.2, 0.25) is 0 Å². The van der Waals surface area contributed by atoms with Crippen LogP contribution in [0, 0.1) is 5.41 Å². The predicted molar refractivity (Wildman–Crippen MR) is 102 cm³/mol. The second-order valence-electron chi connectivity index (χ2n) is 6.28. The Hall–Kier alpha value is -1.34. The van der Waals surface area contributed by atoms with Crippen LogP contribution in [0.15, 0.2) is 27.5 Å². The predicted octanol–water partition coefficient (Wildman–Crippen LogP) is 4.12. The molecule has 0 radical (unpaired) electrons. The monoisotopic (exact) mass is 431 g/mol. The Balaban J connectivity index is 1.99. The molecule has 0 aromatic heterocycles. The highest BCUT2D eigenvalue weighted by Crippen LogP contribution is 2.23. The zero-order valence-corrected chi connectivity index (χ0v) is 16.5. The van der Waals surface area contributed by atoms with E-state index in [0.29, 0.717) is 11.0 Å². The fourth-order valence-corrected chi connectivity index (χ4v) is 3.25. The zero-order chi connectivity index (χ0) is 18.4. The topological polar surface area (TPSA) is 97.8 Å². The normalized spacial score (nSPS) is 23.2. The summed E-state index contributed by atoms with van der Waals surface area (Å²) in [6, 6.07) is 0. The molecule has 0 amide bonds. The number of hydrogen-bond donors (Lipinski definition) is 2. The van der Waals surface area contributed by atoms with Crippen molar-refractivity contribution in [2.24, 2.45) is 10.9 Å². The molecule has 6 nitrogen and oxygen atoms in total. The Kier molecular flexibility index (Phi) is 7.50. The summed E-state index contributed by atoms with van der Waals surface area (Å²) in [7, 11) is 0. The van der Waals surface area contributed by atoms with Gasteiger partial charge >= 0.3 is 5.97 Å². The molecule has 1 unspecified atom stereocenters. The second kappa shape index (κ2) is 9.38. The molecule has 0 spiro atoms. The minimum Gasteiger partial charge on any atom is -0.459 e. The molecule has 0 bridgehead atoms. The number of carbonyl (C=O) groups excluding carboxylic acids is 1. The highest BCUT2D eigenvalue weighted by atomic mass is 79.9. The molecule has 1 fully saturated rings. The van der Waals surface area contributed by atoms with E-state index < -0.39 is 12.1 Å². The quantitative estimate of drug-likeness (QED) is 0.224. The minimum absolute atomic E-state index is 0.0562. The summed E-state index contributed by atoms with van der Waals surface area (Å²) in [5.41, 5.74) is 6.45. The van der Waals surface area contributed by atoms with E-state index in [1.54, 1.807) is 6.92 Å². The third kappa shape index (κ3) is 5.85. The van der Waals surface area contributed by atoms with Gasteiger partial charge in [-0.3, -0.25) is 0 Å². The van der Waals surface area contributed by atoms with Crippen molar-refractivity contribution < 1.29 is 14.4 Å². The number of allylic oxidation sites excluding steroid dienone is 1. The van der Waals surface area contributed by atoms with Crippen molar-refractivity contribution in [3.63, 3.8) is 0 Å². The molecular weight excluding hydrogens is 410 g/mol. The summed E-state index contributed by atoms with van der Waals surface area (Å²) in [5.74, 6) is -0.456. The van der Waals surface area contributed by atoms with Crippen molar-refractivity contribution in [3.8, 4) is 0 Å². The van der Waals surface area contributed by atoms with Gasteiger partial charge in [0.1, 0.15) is 10.7 Å². The number of ether oxygens (including phenoxy) is 1. The van der Waals surface area contributed by atoms with Crippen molar-refractivity contribution >= 4 is 43.8 Å². The van der Waals surface area contributed by atoms with E-state index in [-0.39, 0.29) is 28.1 Å². The van der Waals surface area contributed by atoms with Crippen LogP contribution in [-0.4, -0.2) is 28.5 Å². The number of hydrogen-bond acceptors (Lipinski definition) is 6. The van der Waals surface area contributed by atoms with E-state index in [2.05, 4.69) is 21.1 Å². The van der Waals surface area contributed by atoms with Gasteiger partial charge in [-0.15, -0.1) is 0 Å². The number of nitrogens with zero attached hydrogens (tertiary/aromatic N) is 1. The Bertz CT molecular complexity index is 623. The fourth-order valence-electron chi connectivity index (χ4n) is 2.74. The largest absolute Gasteiger partial charge is 0.459 e. The number of esters is 1. The number of halogens is 2. The zero-order valence-electron chi connectivity index (χ0n) is 14.2. The lowest BCUT2D eigenvalue weighted by atomic mass is 10.1.